The van der Waals surface area contributed by atoms with Gasteiger partial charge in [0.05, 0.1) is 23.2 Å². The highest BCUT2D eigenvalue weighted by atomic mass is 35.5. The molecular weight excluding hydrogens is 471 g/mol. The zero-order valence-electron chi connectivity index (χ0n) is 17.7. The van der Waals surface area contributed by atoms with Crippen molar-refractivity contribution in [2.24, 2.45) is 0 Å². The molecular formula is C24H18Cl2N8. The fraction of sp³-hybridized carbons (Fsp3) is 0. The Morgan fingerprint density at radius 1 is 0.471 bits per heavy atom. The molecule has 0 radical (unpaired) electrons. The highest BCUT2D eigenvalue weighted by Gasteiger charge is 2.12. The highest BCUT2D eigenvalue weighted by molar-refractivity contribution is 5.74. The van der Waals surface area contributed by atoms with Gasteiger partial charge in [-0.25, -0.2) is 19.9 Å². The molecule has 0 aliphatic rings. The van der Waals surface area contributed by atoms with Crippen LogP contribution in [-0.4, -0.2) is 29.9 Å². The first-order valence-corrected chi connectivity index (χ1v) is 9.90. The Bertz CT molecular complexity index is 1360. The van der Waals surface area contributed by atoms with Crippen LogP contribution in [-0.2, 0) is 0 Å². The van der Waals surface area contributed by atoms with Gasteiger partial charge in [-0.05, 0) is 24.3 Å². The summed E-state index contributed by atoms with van der Waals surface area (Å²) >= 11 is 0. The summed E-state index contributed by atoms with van der Waals surface area (Å²) in [6.07, 6.45) is 21.3. The summed E-state index contributed by atoms with van der Waals surface area (Å²) < 4.78 is 4.03. The summed E-state index contributed by atoms with van der Waals surface area (Å²) in [6, 6.07) is 12.1. The van der Waals surface area contributed by atoms with E-state index >= 15 is 0 Å². The third-order valence-corrected chi connectivity index (χ3v) is 4.86. The van der Waals surface area contributed by atoms with Gasteiger partial charge in [0.15, 0.2) is 12.4 Å². The van der Waals surface area contributed by atoms with E-state index in [9.17, 15) is 0 Å². The van der Waals surface area contributed by atoms with Crippen molar-refractivity contribution < 1.29 is 33.9 Å². The molecule has 168 valence electrons. The maximum atomic E-state index is 4.14. The van der Waals surface area contributed by atoms with Crippen LogP contribution < -0.4 is 33.9 Å². The van der Waals surface area contributed by atoms with Crippen LogP contribution in [0, 0.1) is 0 Å². The standard InChI is InChI=1S/2C12H9N4.2ClH/c2*1-2-10-3-4-13-8-12(10)16(5-1)11-6-14-9-15-7-11;;/h2*1-9H;2*1H/q2*+1;;/p-2. The smallest absolute Gasteiger partial charge is 0.248 e. The van der Waals surface area contributed by atoms with E-state index in [1.807, 2.05) is 58.2 Å². The molecule has 6 rings (SSSR count). The average molecular weight is 489 g/mol. The Kier molecular flexibility index (Phi) is 8.39. The lowest BCUT2D eigenvalue weighted by atomic mass is 10.2. The number of aromatic nitrogens is 8. The minimum atomic E-state index is 0. The molecule has 0 unspecified atom stereocenters. The monoisotopic (exact) mass is 488 g/mol. The zero-order valence-corrected chi connectivity index (χ0v) is 19.2. The molecule has 0 atom stereocenters. The third-order valence-electron chi connectivity index (χ3n) is 4.86. The van der Waals surface area contributed by atoms with Crippen LogP contribution in [0.25, 0.3) is 33.2 Å². The molecule has 0 saturated heterocycles. The molecule has 6 heterocycles. The molecule has 34 heavy (non-hydrogen) atoms. The molecule has 10 heteroatoms. The maximum absolute atomic E-state index is 4.14. The molecule has 6 aromatic heterocycles. The second-order valence-corrected chi connectivity index (χ2v) is 6.82. The maximum Gasteiger partial charge on any atom is 0.248 e. The first-order chi connectivity index (χ1) is 15.9. The fourth-order valence-electron chi connectivity index (χ4n) is 3.39. The fourth-order valence-corrected chi connectivity index (χ4v) is 3.39. The van der Waals surface area contributed by atoms with E-state index in [4.69, 9.17) is 0 Å². The summed E-state index contributed by atoms with van der Waals surface area (Å²) in [5.74, 6) is 0. The molecule has 0 spiro atoms. The Morgan fingerprint density at radius 2 is 0.882 bits per heavy atom. The van der Waals surface area contributed by atoms with Gasteiger partial charge in [0, 0.05) is 24.5 Å². The van der Waals surface area contributed by atoms with Crippen LogP contribution in [0.15, 0.2) is 111 Å². The van der Waals surface area contributed by atoms with Gasteiger partial charge < -0.3 is 24.8 Å². The topological polar surface area (TPSA) is 85.1 Å². The van der Waals surface area contributed by atoms with Gasteiger partial charge in [0.1, 0.15) is 37.4 Å². The van der Waals surface area contributed by atoms with Crippen molar-refractivity contribution in [1.29, 1.82) is 0 Å². The Labute approximate surface area is 207 Å². The normalized spacial score (nSPS) is 9.88. The minimum Gasteiger partial charge on any atom is -1.00 e. The van der Waals surface area contributed by atoms with Gasteiger partial charge in [0.2, 0.25) is 22.4 Å². The average Bonchev–Trinajstić information content (AvgIpc) is 2.89. The van der Waals surface area contributed by atoms with Crippen LogP contribution in [0.4, 0.5) is 0 Å². The second kappa shape index (κ2) is 11.6. The van der Waals surface area contributed by atoms with Crippen molar-refractivity contribution in [3.8, 4) is 11.4 Å². The quantitative estimate of drug-likeness (QED) is 0.236. The number of rotatable bonds is 2. The molecule has 0 saturated carbocycles. The second-order valence-electron chi connectivity index (χ2n) is 6.82. The lowest BCUT2D eigenvalue weighted by Crippen LogP contribution is -3.00. The molecule has 6 aromatic rings. The number of halogens is 2. The number of hydrogen-bond donors (Lipinski definition) is 0. The van der Waals surface area contributed by atoms with E-state index in [1.165, 1.54) is 12.7 Å². The Morgan fingerprint density at radius 3 is 1.29 bits per heavy atom. The lowest BCUT2D eigenvalue weighted by molar-refractivity contribution is -0.568. The third kappa shape index (κ3) is 5.25. The van der Waals surface area contributed by atoms with E-state index in [1.54, 1.807) is 37.2 Å². The van der Waals surface area contributed by atoms with Crippen LogP contribution in [0.3, 0.4) is 0 Å². The van der Waals surface area contributed by atoms with Crippen LogP contribution in [0.2, 0.25) is 0 Å². The lowest BCUT2D eigenvalue weighted by Gasteiger charge is -1.98. The van der Waals surface area contributed by atoms with Gasteiger partial charge in [-0.1, -0.05) is 0 Å². The Balaban J connectivity index is 0.000000180. The van der Waals surface area contributed by atoms with Crippen molar-refractivity contribution in [3.63, 3.8) is 0 Å². The molecule has 0 N–H and O–H groups in total. The van der Waals surface area contributed by atoms with Gasteiger partial charge >= 0.3 is 0 Å². The number of pyridine rings is 4. The first-order valence-electron chi connectivity index (χ1n) is 9.90. The van der Waals surface area contributed by atoms with Crippen LogP contribution in [0.1, 0.15) is 0 Å². The van der Waals surface area contributed by atoms with Crippen molar-refractivity contribution in [3.05, 3.63) is 111 Å². The van der Waals surface area contributed by atoms with Crippen LogP contribution >= 0.6 is 0 Å². The summed E-state index contributed by atoms with van der Waals surface area (Å²) in [5.41, 5.74) is 3.95. The molecule has 8 nitrogen and oxygen atoms in total. The molecule has 0 bridgehead atoms. The van der Waals surface area contributed by atoms with Crippen LogP contribution in [0.5, 0.6) is 0 Å². The van der Waals surface area contributed by atoms with Crippen molar-refractivity contribution in [1.82, 2.24) is 29.9 Å². The number of fused-ring (bicyclic) bond motifs is 2. The van der Waals surface area contributed by atoms with E-state index in [-0.39, 0.29) is 24.8 Å². The largest absolute Gasteiger partial charge is 1.00 e. The predicted molar refractivity (Wildman–Crippen MR) is 118 cm³/mol. The molecule has 0 aromatic carbocycles. The van der Waals surface area contributed by atoms with E-state index in [0.717, 1.165) is 33.2 Å². The first kappa shape index (κ1) is 24.5. The molecule has 0 amide bonds. The van der Waals surface area contributed by atoms with E-state index in [2.05, 4.69) is 42.0 Å². The number of nitrogens with zero attached hydrogens (tertiary/aromatic N) is 8. The molecule has 0 aliphatic heterocycles. The summed E-state index contributed by atoms with van der Waals surface area (Å²) in [5, 5.41) is 2.28. The summed E-state index contributed by atoms with van der Waals surface area (Å²) in [4.78, 5) is 24.3. The SMILES string of the molecule is [Cl-].[Cl-].c1cc2ccncc2[n+](-c2cncnc2)c1.c1cc2ccncc2[n+](-c2cncnc2)c1. The van der Waals surface area contributed by atoms with Crippen molar-refractivity contribution in [2.45, 2.75) is 0 Å². The highest BCUT2D eigenvalue weighted by Crippen LogP contribution is 2.09. The van der Waals surface area contributed by atoms with E-state index < -0.39 is 0 Å². The van der Waals surface area contributed by atoms with Gasteiger partial charge in [0.25, 0.3) is 0 Å². The zero-order chi connectivity index (χ0) is 21.6. The summed E-state index contributed by atoms with van der Waals surface area (Å²) in [6.45, 7) is 0. The van der Waals surface area contributed by atoms with Crippen molar-refractivity contribution >= 4 is 21.8 Å². The van der Waals surface area contributed by atoms with Gasteiger partial charge in [-0.3, -0.25) is 9.97 Å². The van der Waals surface area contributed by atoms with Gasteiger partial charge in [-0.15, -0.1) is 0 Å². The minimum absolute atomic E-state index is 0. The van der Waals surface area contributed by atoms with E-state index in [0.29, 0.717) is 0 Å². The number of hydrogen-bond acceptors (Lipinski definition) is 6. The van der Waals surface area contributed by atoms with Gasteiger partial charge in [-0.2, -0.15) is 9.13 Å². The predicted octanol–water partition coefficient (Wildman–Crippen LogP) is -3.39. The van der Waals surface area contributed by atoms with Crippen molar-refractivity contribution in [2.75, 3.05) is 0 Å². The molecule has 0 fully saturated rings. The summed E-state index contributed by atoms with van der Waals surface area (Å²) in [7, 11) is 0. The molecule has 0 aliphatic carbocycles. The Hall–Kier alpha value is -4.14.